The third kappa shape index (κ3) is 2.88. The number of benzene rings is 1. The van der Waals surface area contributed by atoms with E-state index in [4.69, 9.17) is 5.26 Å². The van der Waals surface area contributed by atoms with Gasteiger partial charge in [0.15, 0.2) is 0 Å². The second-order valence-corrected chi connectivity index (χ2v) is 4.02. The van der Waals surface area contributed by atoms with E-state index < -0.39 is 11.7 Å². The molecule has 1 aromatic carbocycles. The molecule has 1 aromatic heterocycles. The molecule has 2 aromatic rings. The lowest BCUT2D eigenvalue weighted by atomic mass is 10.1. The fourth-order valence-corrected chi connectivity index (χ4v) is 1.56. The first kappa shape index (κ1) is 13.9. The van der Waals surface area contributed by atoms with Gasteiger partial charge < -0.3 is 5.32 Å². The van der Waals surface area contributed by atoms with Crippen LogP contribution in [0, 0.1) is 18.3 Å². The standard InChI is InChI=1S/C12H9F3N4O/c1-7-11(19-20-18-7)6-17-10-3-2-9(12(13,14)15)4-8(10)5-16/h2-4,17H,6H2,1H3. The number of hydrogen-bond donors (Lipinski definition) is 1. The maximum Gasteiger partial charge on any atom is 0.416 e. The normalized spacial score (nSPS) is 11.2. The van der Waals surface area contributed by atoms with Crippen molar-refractivity contribution in [2.45, 2.75) is 19.6 Å². The molecular weight excluding hydrogens is 273 g/mol. The third-order valence-electron chi connectivity index (χ3n) is 2.66. The van der Waals surface area contributed by atoms with E-state index in [1.807, 2.05) is 0 Å². The van der Waals surface area contributed by atoms with Gasteiger partial charge in [0.2, 0.25) is 0 Å². The zero-order valence-corrected chi connectivity index (χ0v) is 10.3. The highest BCUT2D eigenvalue weighted by Gasteiger charge is 2.31. The van der Waals surface area contributed by atoms with Gasteiger partial charge in [-0.3, -0.25) is 0 Å². The lowest BCUT2D eigenvalue weighted by Gasteiger charge is -2.10. The fourth-order valence-electron chi connectivity index (χ4n) is 1.56. The van der Waals surface area contributed by atoms with Gasteiger partial charge >= 0.3 is 6.18 Å². The van der Waals surface area contributed by atoms with Gasteiger partial charge in [0.25, 0.3) is 0 Å². The maximum absolute atomic E-state index is 12.5. The topological polar surface area (TPSA) is 74.7 Å². The number of rotatable bonds is 3. The number of nitrogens with zero attached hydrogens (tertiary/aromatic N) is 3. The Bertz CT molecular complexity index is 657. The monoisotopic (exact) mass is 282 g/mol. The predicted molar refractivity (Wildman–Crippen MR) is 62.5 cm³/mol. The summed E-state index contributed by atoms with van der Waals surface area (Å²) in [5.41, 5.74) is 0.437. The van der Waals surface area contributed by atoms with E-state index in [9.17, 15) is 13.2 Å². The summed E-state index contributed by atoms with van der Waals surface area (Å²) in [7, 11) is 0. The van der Waals surface area contributed by atoms with Gasteiger partial charge in [-0.1, -0.05) is 10.3 Å². The van der Waals surface area contributed by atoms with Gasteiger partial charge in [0.1, 0.15) is 17.5 Å². The van der Waals surface area contributed by atoms with E-state index >= 15 is 0 Å². The van der Waals surface area contributed by atoms with Crippen molar-refractivity contribution in [2.24, 2.45) is 0 Å². The SMILES string of the molecule is Cc1nonc1CNc1ccc(C(F)(F)F)cc1C#N. The van der Waals surface area contributed by atoms with Crippen molar-refractivity contribution >= 4 is 5.69 Å². The molecule has 1 heterocycles. The van der Waals surface area contributed by atoms with Crippen molar-refractivity contribution in [1.82, 2.24) is 10.3 Å². The lowest BCUT2D eigenvalue weighted by molar-refractivity contribution is -0.137. The zero-order valence-electron chi connectivity index (χ0n) is 10.3. The fraction of sp³-hybridized carbons (Fsp3) is 0.250. The Kier molecular flexibility index (Phi) is 3.61. The molecule has 2 rings (SSSR count). The first-order chi connectivity index (χ1) is 9.41. The second-order valence-electron chi connectivity index (χ2n) is 4.02. The molecule has 8 heteroatoms. The van der Waals surface area contributed by atoms with Gasteiger partial charge in [0.05, 0.1) is 23.4 Å². The molecule has 0 atom stereocenters. The van der Waals surface area contributed by atoms with Crippen LogP contribution in [0.1, 0.15) is 22.5 Å². The van der Waals surface area contributed by atoms with Gasteiger partial charge in [0, 0.05) is 0 Å². The minimum Gasteiger partial charge on any atom is -0.378 e. The van der Waals surface area contributed by atoms with Crippen LogP contribution in [-0.2, 0) is 12.7 Å². The van der Waals surface area contributed by atoms with E-state index in [1.165, 1.54) is 6.07 Å². The molecule has 0 bridgehead atoms. The molecule has 20 heavy (non-hydrogen) atoms. The largest absolute Gasteiger partial charge is 0.416 e. The van der Waals surface area contributed by atoms with Gasteiger partial charge in [-0.05, 0) is 25.1 Å². The summed E-state index contributed by atoms with van der Waals surface area (Å²) in [5, 5.41) is 19.0. The average Bonchev–Trinajstić information content (AvgIpc) is 2.80. The molecule has 0 unspecified atom stereocenters. The zero-order chi connectivity index (χ0) is 14.8. The van der Waals surface area contributed by atoms with Gasteiger partial charge in [-0.15, -0.1) is 0 Å². The summed E-state index contributed by atoms with van der Waals surface area (Å²) in [5.74, 6) is 0. The first-order valence-corrected chi connectivity index (χ1v) is 5.55. The number of halogens is 3. The van der Waals surface area contributed by atoms with Crippen molar-refractivity contribution in [1.29, 1.82) is 5.26 Å². The highest BCUT2D eigenvalue weighted by Crippen LogP contribution is 2.31. The van der Waals surface area contributed by atoms with Crippen molar-refractivity contribution in [2.75, 3.05) is 5.32 Å². The number of hydrogen-bond acceptors (Lipinski definition) is 5. The number of anilines is 1. The molecule has 1 N–H and O–H groups in total. The number of aromatic nitrogens is 2. The Morgan fingerprint density at radius 3 is 2.65 bits per heavy atom. The minimum atomic E-state index is -4.48. The van der Waals surface area contributed by atoms with E-state index in [-0.39, 0.29) is 12.1 Å². The van der Waals surface area contributed by atoms with Crippen LogP contribution in [0.5, 0.6) is 0 Å². The van der Waals surface area contributed by atoms with Crippen LogP contribution in [0.2, 0.25) is 0 Å². The van der Waals surface area contributed by atoms with Gasteiger partial charge in [-0.25, -0.2) is 4.63 Å². The molecule has 0 saturated carbocycles. The second kappa shape index (κ2) is 5.21. The minimum absolute atomic E-state index is 0.0890. The molecular formula is C12H9F3N4O. The molecule has 0 aliphatic rings. The molecule has 0 aliphatic heterocycles. The Morgan fingerprint density at radius 1 is 1.35 bits per heavy atom. The summed E-state index contributed by atoms with van der Waals surface area (Å²) in [6.07, 6.45) is -4.48. The van der Waals surface area contributed by atoms with E-state index in [1.54, 1.807) is 13.0 Å². The summed E-state index contributed by atoms with van der Waals surface area (Å²) in [6.45, 7) is 1.89. The number of alkyl halides is 3. The van der Waals surface area contributed by atoms with Crippen LogP contribution < -0.4 is 5.32 Å². The molecule has 0 aliphatic carbocycles. The van der Waals surface area contributed by atoms with Crippen molar-refractivity contribution < 1.29 is 17.8 Å². The molecule has 0 amide bonds. The van der Waals surface area contributed by atoms with Crippen LogP contribution in [0.3, 0.4) is 0 Å². The predicted octanol–water partition coefficient (Wildman–Crippen LogP) is 2.88. The van der Waals surface area contributed by atoms with Crippen LogP contribution in [0.4, 0.5) is 18.9 Å². The number of aryl methyl sites for hydroxylation is 1. The van der Waals surface area contributed by atoms with Crippen molar-refractivity contribution in [3.63, 3.8) is 0 Å². The summed E-state index contributed by atoms with van der Waals surface area (Å²) in [4.78, 5) is 0. The smallest absolute Gasteiger partial charge is 0.378 e. The van der Waals surface area contributed by atoms with Crippen LogP contribution >= 0.6 is 0 Å². The Morgan fingerprint density at radius 2 is 2.10 bits per heavy atom. The van der Waals surface area contributed by atoms with Crippen molar-refractivity contribution in [3.05, 3.63) is 40.7 Å². The molecule has 104 valence electrons. The summed E-state index contributed by atoms with van der Waals surface area (Å²) < 4.78 is 42.1. The number of nitrogens with one attached hydrogen (secondary N) is 1. The highest BCUT2D eigenvalue weighted by atomic mass is 19.4. The summed E-state index contributed by atoms with van der Waals surface area (Å²) >= 11 is 0. The average molecular weight is 282 g/mol. The van der Waals surface area contributed by atoms with E-state index in [2.05, 4.69) is 20.3 Å². The van der Waals surface area contributed by atoms with E-state index in [0.29, 0.717) is 17.1 Å². The molecule has 0 spiro atoms. The Hall–Kier alpha value is -2.56. The number of nitriles is 1. The van der Waals surface area contributed by atoms with Crippen LogP contribution in [0.15, 0.2) is 22.8 Å². The third-order valence-corrected chi connectivity index (χ3v) is 2.66. The summed E-state index contributed by atoms with van der Waals surface area (Å²) in [6, 6.07) is 4.66. The maximum atomic E-state index is 12.5. The quantitative estimate of drug-likeness (QED) is 0.936. The Labute approximate surface area is 112 Å². The highest BCUT2D eigenvalue weighted by molar-refractivity contribution is 5.59. The molecule has 5 nitrogen and oxygen atoms in total. The Balaban J connectivity index is 2.21. The van der Waals surface area contributed by atoms with E-state index in [0.717, 1.165) is 12.1 Å². The van der Waals surface area contributed by atoms with Crippen LogP contribution in [-0.4, -0.2) is 10.3 Å². The molecule has 0 fully saturated rings. The first-order valence-electron chi connectivity index (χ1n) is 5.55. The lowest BCUT2D eigenvalue weighted by Crippen LogP contribution is -2.07. The van der Waals surface area contributed by atoms with Crippen LogP contribution in [0.25, 0.3) is 0 Å². The molecule has 0 saturated heterocycles. The van der Waals surface area contributed by atoms with Crippen molar-refractivity contribution in [3.8, 4) is 6.07 Å². The van der Waals surface area contributed by atoms with Gasteiger partial charge in [-0.2, -0.15) is 18.4 Å². The molecule has 0 radical (unpaired) electrons.